The normalized spacial score (nSPS) is 15.3. The highest BCUT2D eigenvalue weighted by Gasteiger charge is 2.17. The minimum absolute atomic E-state index is 0.474. The number of anilines is 2. The summed E-state index contributed by atoms with van der Waals surface area (Å²) >= 11 is 0. The molecule has 0 amide bonds. The van der Waals surface area contributed by atoms with Crippen LogP contribution >= 0.6 is 0 Å². The van der Waals surface area contributed by atoms with E-state index >= 15 is 0 Å². The van der Waals surface area contributed by atoms with Crippen LogP contribution in [0.3, 0.4) is 0 Å². The summed E-state index contributed by atoms with van der Waals surface area (Å²) in [5.74, 6) is 1.83. The molecule has 0 saturated heterocycles. The van der Waals surface area contributed by atoms with E-state index in [1.54, 1.807) is 17.1 Å². The van der Waals surface area contributed by atoms with Crippen LogP contribution in [-0.4, -0.2) is 37.1 Å². The van der Waals surface area contributed by atoms with Crippen LogP contribution in [0.25, 0.3) is 5.95 Å². The van der Waals surface area contributed by atoms with Gasteiger partial charge in [0.2, 0.25) is 17.8 Å². The fraction of sp³-hybridized carbons (Fsp3) is 0.571. The van der Waals surface area contributed by atoms with Crippen molar-refractivity contribution in [3.05, 3.63) is 18.7 Å². The van der Waals surface area contributed by atoms with Gasteiger partial charge in [-0.2, -0.15) is 15.0 Å². The molecule has 3 rings (SSSR count). The number of aromatic nitrogens is 5. The van der Waals surface area contributed by atoms with Gasteiger partial charge in [0, 0.05) is 25.0 Å². The van der Waals surface area contributed by atoms with E-state index in [9.17, 15) is 0 Å². The van der Waals surface area contributed by atoms with Gasteiger partial charge in [-0.15, -0.1) is 0 Å². The average Bonchev–Trinajstić information content (AvgIpc) is 3.18. The Balaban J connectivity index is 1.84. The van der Waals surface area contributed by atoms with Crippen LogP contribution in [0.4, 0.5) is 11.9 Å². The van der Waals surface area contributed by atoms with E-state index in [1.807, 2.05) is 6.20 Å². The van der Waals surface area contributed by atoms with Crippen LogP contribution in [0.1, 0.15) is 39.0 Å². The van der Waals surface area contributed by atoms with E-state index < -0.39 is 0 Å². The van der Waals surface area contributed by atoms with Gasteiger partial charge in [-0.3, -0.25) is 4.57 Å². The smallest absolute Gasteiger partial charge is 0.241 e. The van der Waals surface area contributed by atoms with Gasteiger partial charge in [-0.1, -0.05) is 19.8 Å². The first kappa shape index (κ1) is 13.8. The Morgan fingerprint density at radius 2 is 2.00 bits per heavy atom. The monoisotopic (exact) mass is 287 g/mol. The zero-order chi connectivity index (χ0) is 14.5. The van der Waals surface area contributed by atoms with Gasteiger partial charge in [0.25, 0.3) is 0 Å². The molecule has 7 nitrogen and oxygen atoms in total. The molecule has 0 bridgehead atoms. The number of rotatable bonds is 6. The molecule has 7 heteroatoms. The highest BCUT2D eigenvalue weighted by molar-refractivity contribution is 5.38. The molecule has 0 unspecified atom stereocenters. The first-order valence-electron chi connectivity index (χ1n) is 7.60. The molecule has 1 fully saturated rings. The van der Waals surface area contributed by atoms with Gasteiger partial charge in [-0.25, -0.2) is 4.98 Å². The van der Waals surface area contributed by atoms with Crippen molar-refractivity contribution in [1.82, 2.24) is 24.5 Å². The molecule has 0 radical (unpaired) electrons. The maximum atomic E-state index is 4.50. The van der Waals surface area contributed by atoms with E-state index in [-0.39, 0.29) is 0 Å². The molecule has 21 heavy (non-hydrogen) atoms. The predicted molar refractivity (Wildman–Crippen MR) is 81.6 cm³/mol. The molecule has 0 aromatic carbocycles. The highest BCUT2D eigenvalue weighted by Crippen LogP contribution is 2.21. The molecule has 2 N–H and O–H groups in total. The van der Waals surface area contributed by atoms with Gasteiger partial charge < -0.3 is 10.6 Å². The first-order chi connectivity index (χ1) is 10.3. The summed E-state index contributed by atoms with van der Waals surface area (Å²) in [6.07, 6.45) is 11.2. The van der Waals surface area contributed by atoms with Gasteiger partial charge in [0.15, 0.2) is 0 Å². The molecule has 0 spiro atoms. The maximum Gasteiger partial charge on any atom is 0.241 e. The third kappa shape index (κ3) is 3.48. The molecule has 2 heterocycles. The molecule has 1 aliphatic carbocycles. The lowest BCUT2D eigenvalue weighted by Gasteiger charge is -2.14. The third-order valence-corrected chi connectivity index (χ3v) is 3.58. The minimum Gasteiger partial charge on any atom is -0.354 e. The number of hydrogen-bond donors (Lipinski definition) is 2. The molecular weight excluding hydrogens is 266 g/mol. The van der Waals surface area contributed by atoms with E-state index in [1.165, 1.54) is 25.7 Å². The van der Waals surface area contributed by atoms with Crippen LogP contribution in [0.2, 0.25) is 0 Å². The molecule has 112 valence electrons. The Kier molecular flexibility index (Phi) is 4.28. The second kappa shape index (κ2) is 6.51. The summed E-state index contributed by atoms with van der Waals surface area (Å²) in [4.78, 5) is 17.4. The third-order valence-electron chi connectivity index (χ3n) is 3.58. The maximum absolute atomic E-state index is 4.50. The SMILES string of the molecule is CCCNc1nc(NC2CCCC2)nc(-n2ccnc2)n1. The number of nitrogens with one attached hydrogen (secondary N) is 2. The fourth-order valence-corrected chi connectivity index (χ4v) is 2.49. The Morgan fingerprint density at radius 1 is 1.19 bits per heavy atom. The van der Waals surface area contributed by atoms with Gasteiger partial charge in [-0.05, 0) is 19.3 Å². The van der Waals surface area contributed by atoms with E-state index in [0.717, 1.165) is 13.0 Å². The van der Waals surface area contributed by atoms with Crippen molar-refractivity contribution < 1.29 is 0 Å². The number of hydrogen-bond acceptors (Lipinski definition) is 6. The zero-order valence-electron chi connectivity index (χ0n) is 12.3. The summed E-state index contributed by atoms with van der Waals surface area (Å²) in [5.41, 5.74) is 0. The molecule has 2 aromatic heterocycles. The van der Waals surface area contributed by atoms with E-state index in [4.69, 9.17) is 0 Å². The van der Waals surface area contributed by atoms with Crippen LogP contribution in [-0.2, 0) is 0 Å². The Hall–Kier alpha value is -2.18. The van der Waals surface area contributed by atoms with E-state index in [2.05, 4.69) is 37.5 Å². The van der Waals surface area contributed by atoms with Crippen LogP contribution < -0.4 is 10.6 Å². The van der Waals surface area contributed by atoms with Gasteiger partial charge >= 0.3 is 0 Å². The van der Waals surface area contributed by atoms with Crippen molar-refractivity contribution in [2.45, 2.75) is 45.1 Å². The Morgan fingerprint density at radius 3 is 2.71 bits per heavy atom. The van der Waals surface area contributed by atoms with Gasteiger partial charge in [0.1, 0.15) is 6.33 Å². The highest BCUT2D eigenvalue weighted by atomic mass is 15.3. The summed E-state index contributed by atoms with van der Waals surface area (Å²) in [7, 11) is 0. The fourth-order valence-electron chi connectivity index (χ4n) is 2.49. The van der Waals surface area contributed by atoms with Crippen LogP contribution in [0.15, 0.2) is 18.7 Å². The molecular formula is C14H21N7. The molecule has 0 aliphatic heterocycles. The van der Waals surface area contributed by atoms with Crippen molar-refractivity contribution in [2.24, 2.45) is 0 Å². The summed E-state index contributed by atoms with van der Waals surface area (Å²) < 4.78 is 1.79. The van der Waals surface area contributed by atoms with Crippen molar-refractivity contribution >= 4 is 11.9 Å². The van der Waals surface area contributed by atoms with E-state index in [0.29, 0.717) is 23.9 Å². The Labute approximate surface area is 124 Å². The van der Waals surface area contributed by atoms with Crippen LogP contribution in [0, 0.1) is 0 Å². The summed E-state index contributed by atoms with van der Waals surface area (Å²) in [6.45, 7) is 2.96. The second-order valence-corrected chi connectivity index (χ2v) is 5.31. The lowest BCUT2D eigenvalue weighted by molar-refractivity contribution is 0.738. The van der Waals surface area contributed by atoms with Crippen molar-refractivity contribution in [3.8, 4) is 5.95 Å². The van der Waals surface area contributed by atoms with Crippen LogP contribution in [0.5, 0.6) is 0 Å². The number of imidazole rings is 1. The lowest BCUT2D eigenvalue weighted by atomic mass is 10.3. The lowest BCUT2D eigenvalue weighted by Crippen LogP contribution is -2.19. The predicted octanol–water partition coefficient (Wildman–Crippen LogP) is 2.23. The average molecular weight is 287 g/mol. The zero-order valence-corrected chi connectivity index (χ0v) is 12.3. The van der Waals surface area contributed by atoms with Crippen molar-refractivity contribution in [1.29, 1.82) is 0 Å². The largest absolute Gasteiger partial charge is 0.354 e. The summed E-state index contributed by atoms with van der Waals surface area (Å²) in [5, 5.41) is 6.65. The molecule has 1 aliphatic rings. The first-order valence-corrected chi connectivity index (χ1v) is 7.60. The number of nitrogens with zero attached hydrogens (tertiary/aromatic N) is 5. The van der Waals surface area contributed by atoms with Crippen molar-refractivity contribution in [3.63, 3.8) is 0 Å². The quantitative estimate of drug-likeness (QED) is 0.848. The van der Waals surface area contributed by atoms with Crippen molar-refractivity contribution in [2.75, 3.05) is 17.2 Å². The topological polar surface area (TPSA) is 80.5 Å². The molecule has 1 saturated carbocycles. The molecule has 0 atom stereocenters. The minimum atomic E-state index is 0.474. The molecule has 2 aromatic rings. The summed E-state index contributed by atoms with van der Waals surface area (Å²) in [6, 6.07) is 0.474. The second-order valence-electron chi connectivity index (χ2n) is 5.31. The van der Waals surface area contributed by atoms with Gasteiger partial charge in [0.05, 0.1) is 0 Å². The Bertz CT molecular complexity index is 561. The standard InChI is InChI=1S/C14H21N7/c1-2-7-16-12-18-13(17-11-5-3-4-6-11)20-14(19-12)21-9-8-15-10-21/h8-11H,2-7H2,1H3,(H2,16,17,18,19,20).